The molecule has 30 atom stereocenters. The van der Waals surface area contributed by atoms with Gasteiger partial charge in [0.25, 0.3) is 0 Å². The number of fused-ring (bicyclic) bond motifs is 4. The SMILES string of the molecule is CO[C@H]1C[C@H](CC[C@H](C)[C@H](O)[C@H](C)[C@H]2OC(=O)/C=C/C(C)=C/C[C@H](OC)C[C@@H]3C=CC[C@@H](C[C@H](OC)[C@@H](C)[C@@H](O)C[C@@H](O)[C@H](C)[C@@H]([C@@H](C)[C@@H](O)[C@@H](C)CC[C@H]4C[C@H](OC)C[C@H](C)O4)OC(=O)/C=C/C(C)=C/C[C@H](OC)C[C@@H]4C=CC[C@H](C[C@H](OC)[C@@H](C)[C@@H](O)C[C@@H](O)[C@@H]2C)O4)O3)O[C@@H](C)C1. The van der Waals surface area contributed by atoms with E-state index in [1.165, 1.54) is 12.2 Å². The number of allylic oxidation sites excluding steroid dienone is 4. The molecule has 100 heavy (non-hydrogen) atoms. The molecule has 0 spiro atoms. The summed E-state index contributed by atoms with van der Waals surface area (Å²) < 4.78 is 73.9. The van der Waals surface area contributed by atoms with Crippen molar-refractivity contribution in [3.63, 3.8) is 0 Å². The average Bonchev–Trinajstić information content (AvgIpc) is 0.842. The van der Waals surface area contributed by atoms with Crippen LogP contribution in [0.3, 0.4) is 0 Å². The highest BCUT2D eigenvalue weighted by atomic mass is 16.6. The van der Waals surface area contributed by atoms with Crippen molar-refractivity contribution in [1.29, 1.82) is 0 Å². The maximum absolute atomic E-state index is 14.0. The summed E-state index contributed by atoms with van der Waals surface area (Å²) in [6.07, 6.45) is 18.3. The highest BCUT2D eigenvalue weighted by molar-refractivity contribution is 5.83. The Hall–Kier alpha value is -3.26. The third kappa shape index (κ3) is 28.6. The third-order valence-corrected chi connectivity index (χ3v) is 22.9. The van der Waals surface area contributed by atoms with Gasteiger partial charge in [-0.15, -0.1) is 0 Å². The Kier molecular flexibility index (Phi) is 39.0. The monoisotopic (exact) mass is 1420 g/mol. The topological polar surface area (TPSA) is 266 Å². The van der Waals surface area contributed by atoms with Crippen LogP contribution in [0.4, 0.5) is 0 Å². The minimum Gasteiger partial charge on any atom is -0.458 e. The Morgan fingerprint density at radius 1 is 0.430 bits per heavy atom. The first-order valence-corrected chi connectivity index (χ1v) is 37.8. The zero-order chi connectivity index (χ0) is 73.9. The van der Waals surface area contributed by atoms with Gasteiger partial charge in [-0.2, -0.15) is 0 Å². The Morgan fingerprint density at radius 2 is 0.780 bits per heavy atom. The van der Waals surface area contributed by atoms with E-state index in [2.05, 4.69) is 26.0 Å². The molecule has 0 amide bonds. The predicted molar refractivity (Wildman–Crippen MR) is 387 cm³/mol. The van der Waals surface area contributed by atoms with Crippen molar-refractivity contribution in [1.82, 2.24) is 0 Å². The maximum atomic E-state index is 14.0. The van der Waals surface area contributed by atoms with Crippen LogP contribution in [0.5, 0.6) is 0 Å². The van der Waals surface area contributed by atoms with E-state index in [1.54, 1.807) is 68.7 Å². The van der Waals surface area contributed by atoms with Crippen molar-refractivity contribution >= 4 is 11.9 Å². The summed E-state index contributed by atoms with van der Waals surface area (Å²) in [5.74, 6) is -5.21. The molecule has 4 bridgehead atoms. The van der Waals surface area contributed by atoms with Gasteiger partial charge in [0, 0.05) is 116 Å². The minimum atomic E-state index is -1.14. The van der Waals surface area contributed by atoms with Gasteiger partial charge >= 0.3 is 11.9 Å². The lowest BCUT2D eigenvalue weighted by molar-refractivity contribution is -0.158. The third-order valence-electron chi connectivity index (χ3n) is 22.9. The summed E-state index contributed by atoms with van der Waals surface area (Å²) in [4.78, 5) is 28.0. The van der Waals surface area contributed by atoms with Crippen molar-refractivity contribution in [2.24, 2.45) is 47.3 Å². The Labute approximate surface area is 601 Å². The van der Waals surface area contributed by atoms with E-state index >= 15 is 0 Å². The van der Waals surface area contributed by atoms with Crippen LogP contribution >= 0.6 is 0 Å². The predicted octanol–water partition coefficient (Wildman–Crippen LogP) is 11.4. The van der Waals surface area contributed by atoms with Crippen LogP contribution < -0.4 is 0 Å². The molecule has 2 fully saturated rings. The summed E-state index contributed by atoms with van der Waals surface area (Å²) in [5.41, 5.74) is 1.58. The number of rotatable bonds is 18. The first-order valence-electron chi connectivity index (χ1n) is 37.8. The average molecular weight is 1420 g/mol. The molecule has 5 heterocycles. The van der Waals surface area contributed by atoms with Gasteiger partial charge in [-0.3, -0.25) is 0 Å². The highest BCUT2D eigenvalue weighted by Crippen LogP contribution is 2.37. The first kappa shape index (κ1) is 87.4. The molecule has 5 aliphatic rings. The van der Waals surface area contributed by atoms with E-state index in [-0.39, 0.29) is 97.9 Å². The minimum absolute atomic E-state index is 0.0171. The van der Waals surface area contributed by atoms with Crippen molar-refractivity contribution < 1.29 is 97.1 Å². The molecule has 576 valence electrons. The zero-order valence-electron chi connectivity index (χ0n) is 64.2. The molecular weight excluding hydrogens is 1280 g/mol. The van der Waals surface area contributed by atoms with E-state index in [4.69, 9.17) is 56.8 Å². The normalized spacial score (nSPS) is 40.5. The van der Waals surface area contributed by atoms with Gasteiger partial charge < -0.3 is 87.5 Å². The number of cyclic esters (lactones) is 2. The number of hydrogen-bond donors (Lipinski definition) is 6. The summed E-state index contributed by atoms with van der Waals surface area (Å²) >= 11 is 0. The van der Waals surface area contributed by atoms with Crippen molar-refractivity contribution in [2.75, 3.05) is 42.7 Å². The molecule has 0 aromatic carbocycles. The smallest absolute Gasteiger partial charge is 0.331 e. The molecular formula is C80H136O20. The Balaban J connectivity index is 1.39. The fourth-order valence-electron chi connectivity index (χ4n) is 15.7. The molecule has 0 saturated carbocycles. The van der Waals surface area contributed by atoms with Crippen molar-refractivity contribution in [3.05, 3.63) is 71.9 Å². The number of ether oxygens (including phenoxy) is 12. The van der Waals surface area contributed by atoms with E-state index < -0.39 is 108 Å². The second-order valence-corrected chi connectivity index (χ2v) is 30.7. The van der Waals surface area contributed by atoms with E-state index in [0.717, 1.165) is 49.7 Å². The maximum Gasteiger partial charge on any atom is 0.331 e. The van der Waals surface area contributed by atoms with Gasteiger partial charge in [0.1, 0.15) is 12.2 Å². The van der Waals surface area contributed by atoms with Crippen molar-refractivity contribution in [2.45, 2.75) is 333 Å². The number of aliphatic hydroxyl groups excluding tert-OH is 6. The fraction of sp³-hybridized carbons (Fsp3) is 0.825. The number of esters is 2. The van der Waals surface area contributed by atoms with Gasteiger partial charge in [0.2, 0.25) is 0 Å². The van der Waals surface area contributed by atoms with Crippen LogP contribution in [0.1, 0.15) is 199 Å². The van der Waals surface area contributed by atoms with Gasteiger partial charge in [-0.05, 0) is 129 Å². The number of carbonyl (C=O) groups excluding carboxylic acids is 2. The molecule has 0 aliphatic carbocycles. The number of aliphatic hydroxyl groups is 6. The van der Waals surface area contributed by atoms with Crippen LogP contribution in [0.25, 0.3) is 0 Å². The summed E-state index contributed by atoms with van der Waals surface area (Å²) in [6.45, 7) is 22.9. The van der Waals surface area contributed by atoms with Crippen LogP contribution in [0.2, 0.25) is 0 Å². The lowest BCUT2D eigenvalue weighted by Crippen LogP contribution is -2.45. The van der Waals surface area contributed by atoms with Crippen LogP contribution in [0, 0.1) is 47.3 Å². The Morgan fingerprint density at radius 3 is 1.12 bits per heavy atom. The molecule has 0 aromatic rings. The highest BCUT2D eigenvalue weighted by Gasteiger charge is 2.42. The van der Waals surface area contributed by atoms with Crippen LogP contribution in [0.15, 0.2) is 71.9 Å². The van der Waals surface area contributed by atoms with E-state index in [1.807, 2.05) is 79.7 Å². The van der Waals surface area contributed by atoms with E-state index in [0.29, 0.717) is 64.2 Å². The number of hydrogen-bond acceptors (Lipinski definition) is 20. The molecule has 0 aromatic heterocycles. The molecule has 2 saturated heterocycles. The molecule has 0 radical (unpaired) electrons. The molecule has 0 unspecified atom stereocenters. The number of methoxy groups -OCH3 is 6. The van der Waals surface area contributed by atoms with Gasteiger partial charge in [-0.25, -0.2) is 9.59 Å². The quantitative estimate of drug-likeness (QED) is 0.0550. The molecule has 20 heteroatoms. The summed E-state index contributed by atoms with van der Waals surface area (Å²) in [6, 6.07) is 0. The second-order valence-electron chi connectivity index (χ2n) is 30.7. The Bertz CT molecular complexity index is 2350. The second kappa shape index (κ2) is 44.6. The fourth-order valence-corrected chi connectivity index (χ4v) is 15.7. The van der Waals surface area contributed by atoms with Crippen LogP contribution in [-0.2, 0) is 66.4 Å². The largest absolute Gasteiger partial charge is 0.458 e. The molecule has 20 nitrogen and oxygen atoms in total. The molecule has 5 aliphatic heterocycles. The van der Waals surface area contributed by atoms with Crippen LogP contribution in [-0.4, -0.2) is 220 Å². The zero-order valence-corrected chi connectivity index (χ0v) is 64.2. The first-order chi connectivity index (χ1) is 47.5. The van der Waals surface area contributed by atoms with Gasteiger partial charge in [0.15, 0.2) is 0 Å². The summed E-state index contributed by atoms with van der Waals surface area (Å²) in [5, 5.41) is 72.1. The van der Waals surface area contributed by atoms with E-state index in [9.17, 15) is 40.2 Å². The standard InChI is InChI=1S/C80H136O20/c1-47-25-31-59(89-13)39-61-21-19-23-63(97-61)43-73(93-17)54(8)70(82)46-72(84)56(10)80(58(12)78(88)50(4)30-34-66-42-68(92-16)38-52(6)96-66)100-76(86)36-28-48(2)26-32-60(90-14)40-62-22-20-24-64(98-62)44-74(94-18)53(7)69(81)45-71(83)55(9)79(99-75(85)35-27-47)57(11)77(87)49(3)29-33-65-41-67(91-15)37-51(5)95-65/h19-22,25-28,35-36,49-74,77-84,87-88H,23-24,29-34,37-46H2,1-18H3/b35-27+,36-28+,47-25+,48-26+/t49-,50-,51-,52-,53-,54-,55-,56-,57-,58-,59-,60-,61-,62-,63-,64+,65-,66-,67+,68+,69-,70-,71+,72+,73-,74-,77-,78-,79-,80-/m0/s1. The summed E-state index contributed by atoms with van der Waals surface area (Å²) in [7, 11) is 9.98. The van der Waals surface area contributed by atoms with Crippen molar-refractivity contribution in [3.8, 4) is 0 Å². The molecule has 5 rings (SSSR count). The number of carbonyl (C=O) groups is 2. The van der Waals surface area contributed by atoms with Gasteiger partial charge in [0.05, 0.1) is 122 Å². The molecule has 6 N–H and O–H groups in total. The lowest BCUT2D eigenvalue weighted by Gasteiger charge is -2.38. The lowest BCUT2D eigenvalue weighted by atomic mass is 9.78. The van der Waals surface area contributed by atoms with Gasteiger partial charge in [-0.1, -0.05) is 115 Å².